The van der Waals surface area contributed by atoms with Crippen molar-refractivity contribution in [1.82, 2.24) is 19.3 Å². The molecule has 2 heterocycles. The van der Waals surface area contributed by atoms with E-state index in [0.29, 0.717) is 4.77 Å². The number of aryl methyl sites for hydroxylation is 2. The highest BCUT2D eigenvalue weighted by molar-refractivity contribution is 7.71. The van der Waals surface area contributed by atoms with E-state index in [1.54, 1.807) is 9.25 Å². The van der Waals surface area contributed by atoms with E-state index in [2.05, 4.69) is 21.7 Å². The molecule has 18 heavy (non-hydrogen) atoms. The summed E-state index contributed by atoms with van der Waals surface area (Å²) < 4.78 is 8.64. The van der Waals surface area contributed by atoms with Crippen LogP contribution in [0.2, 0.25) is 0 Å². The number of aromatic amines is 1. The number of fused-ring (bicyclic) bond motifs is 1. The van der Waals surface area contributed by atoms with Crippen molar-refractivity contribution < 1.29 is 9.53 Å². The first-order chi connectivity index (χ1) is 8.58. The molecule has 0 fully saturated rings. The smallest absolute Gasteiger partial charge is 0.325 e. The number of aromatic nitrogens is 4. The Balaban J connectivity index is 2.57. The van der Waals surface area contributed by atoms with Gasteiger partial charge in [0.1, 0.15) is 12.1 Å². The van der Waals surface area contributed by atoms with Crippen molar-refractivity contribution in [3.8, 4) is 0 Å². The molecule has 2 rings (SSSR count). The Morgan fingerprint density at radius 2 is 2.28 bits per heavy atom. The van der Waals surface area contributed by atoms with Crippen LogP contribution in [0.5, 0.6) is 0 Å². The summed E-state index contributed by atoms with van der Waals surface area (Å²) in [7, 11) is 3.21. The predicted octanol–water partition coefficient (Wildman–Crippen LogP) is 1.56. The van der Waals surface area contributed by atoms with E-state index < -0.39 is 0 Å². The van der Waals surface area contributed by atoms with E-state index in [4.69, 9.17) is 12.2 Å². The fraction of sp³-hybridized carbons (Fsp3) is 0.545. The minimum atomic E-state index is -0.328. The normalized spacial score (nSPS) is 11.1. The summed E-state index contributed by atoms with van der Waals surface area (Å²) in [4.78, 5) is 14.5. The first-order valence-electron chi connectivity index (χ1n) is 5.79. The number of hydrogen-bond acceptors (Lipinski definition) is 4. The standard InChI is InChI=1S/C11H16N4O2S/c1-4-5-7-9-10(14(2)13-7)15(11(18)12-9)6-8(16)17-3/h4-6H2,1-3H3,(H,12,18). The molecular formula is C11H16N4O2S. The van der Waals surface area contributed by atoms with E-state index >= 15 is 0 Å². The maximum absolute atomic E-state index is 11.4. The van der Waals surface area contributed by atoms with Gasteiger partial charge in [-0.3, -0.25) is 14.0 Å². The Bertz CT molecular complexity index is 637. The van der Waals surface area contributed by atoms with Gasteiger partial charge in [0.25, 0.3) is 0 Å². The molecule has 6 nitrogen and oxygen atoms in total. The van der Waals surface area contributed by atoms with Gasteiger partial charge in [-0.25, -0.2) is 0 Å². The molecule has 0 saturated carbocycles. The van der Waals surface area contributed by atoms with Gasteiger partial charge in [0.15, 0.2) is 10.4 Å². The second-order valence-electron chi connectivity index (χ2n) is 4.11. The molecule has 7 heteroatoms. The van der Waals surface area contributed by atoms with E-state index in [9.17, 15) is 4.79 Å². The molecule has 98 valence electrons. The van der Waals surface area contributed by atoms with Gasteiger partial charge in [-0.15, -0.1) is 0 Å². The number of esters is 1. The van der Waals surface area contributed by atoms with Crippen LogP contribution < -0.4 is 0 Å². The SMILES string of the molecule is CCCc1nn(C)c2c1[nH]c(=S)n2CC(=O)OC. The highest BCUT2D eigenvalue weighted by Gasteiger charge is 2.16. The minimum absolute atomic E-state index is 0.0977. The lowest BCUT2D eigenvalue weighted by Crippen LogP contribution is -2.13. The van der Waals surface area contributed by atoms with Crippen LogP contribution in [0, 0.1) is 4.77 Å². The van der Waals surface area contributed by atoms with Crippen LogP contribution in [0.4, 0.5) is 0 Å². The topological polar surface area (TPSA) is 64.8 Å². The molecule has 0 amide bonds. The molecule has 0 radical (unpaired) electrons. The maximum Gasteiger partial charge on any atom is 0.325 e. The number of nitrogens with one attached hydrogen (secondary N) is 1. The molecule has 0 aliphatic rings. The van der Waals surface area contributed by atoms with Gasteiger partial charge in [-0.1, -0.05) is 13.3 Å². The molecule has 0 aliphatic carbocycles. The zero-order valence-corrected chi connectivity index (χ0v) is 11.5. The van der Waals surface area contributed by atoms with Crippen LogP contribution in [-0.2, 0) is 29.5 Å². The lowest BCUT2D eigenvalue weighted by Gasteiger charge is -2.02. The second-order valence-corrected chi connectivity index (χ2v) is 4.50. The molecule has 0 saturated heterocycles. The van der Waals surface area contributed by atoms with Crippen LogP contribution in [0.3, 0.4) is 0 Å². The fourth-order valence-electron chi connectivity index (χ4n) is 2.03. The van der Waals surface area contributed by atoms with Gasteiger partial charge < -0.3 is 9.72 Å². The Labute approximate surface area is 110 Å². The molecule has 0 spiro atoms. The van der Waals surface area contributed by atoms with Gasteiger partial charge in [0.2, 0.25) is 0 Å². The molecule has 0 bridgehead atoms. The Morgan fingerprint density at radius 1 is 1.56 bits per heavy atom. The molecule has 0 aliphatic heterocycles. The van der Waals surface area contributed by atoms with Crippen LogP contribution in [-0.4, -0.2) is 32.4 Å². The van der Waals surface area contributed by atoms with Crippen LogP contribution in [0.25, 0.3) is 11.2 Å². The van der Waals surface area contributed by atoms with Crippen molar-refractivity contribution in [2.24, 2.45) is 7.05 Å². The predicted molar refractivity (Wildman–Crippen MR) is 69.9 cm³/mol. The van der Waals surface area contributed by atoms with Crippen molar-refractivity contribution in [2.45, 2.75) is 26.3 Å². The lowest BCUT2D eigenvalue weighted by molar-refractivity contribution is -0.141. The molecule has 0 aromatic carbocycles. The van der Waals surface area contributed by atoms with Gasteiger partial charge in [0.05, 0.1) is 12.8 Å². The molecule has 0 atom stereocenters. The average Bonchev–Trinajstić information content (AvgIpc) is 2.80. The third-order valence-electron chi connectivity index (χ3n) is 2.82. The molecule has 2 aromatic heterocycles. The number of hydrogen-bond donors (Lipinski definition) is 1. The van der Waals surface area contributed by atoms with Gasteiger partial charge in [-0.2, -0.15) is 5.10 Å². The van der Waals surface area contributed by atoms with Crippen LogP contribution >= 0.6 is 12.2 Å². The van der Waals surface area contributed by atoms with Crippen molar-refractivity contribution in [3.05, 3.63) is 10.5 Å². The lowest BCUT2D eigenvalue weighted by atomic mass is 10.2. The largest absolute Gasteiger partial charge is 0.468 e. The number of carbonyl (C=O) groups excluding carboxylic acids is 1. The van der Waals surface area contributed by atoms with Crippen molar-refractivity contribution in [3.63, 3.8) is 0 Å². The number of nitrogens with zero attached hydrogens (tertiary/aromatic N) is 3. The third kappa shape index (κ3) is 2.05. The van der Waals surface area contributed by atoms with E-state index in [-0.39, 0.29) is 12.5 Å². The number of rotatable bonds is 4. The summed E-state index contributed by atoms with van der Waals surface area (Å²) in [6.45, 7) is 2.20. The first kappa shape index (κ1) is 12.8. The summed E-state index contributed by atoms with van der Waals surface area (Å²) in [6, 6.07) is 0. The molecule has 2 aromatic rings. The van der Waals surface area contributed by atoms with Crippen LogP contribution in [0.15, 0.2) is 0 Å². The Morgan fingerprint density at radius 3 is 2.89 bits per heavy atom. The van der Waals surface area contributed by atoms with Crippen LogP contribution in [0.1, 0.15) is 19.0 Å². The zero-order valence-electron chi connectivity index (χ0n) is 10.7. The number of imidazole rings is 1. The zero-order chi connectivity index (χ0) is 13.3. The monoisotopic (exact) mass is 268 g/mol. The second kappa shape index (κ2) is 4.93. The van der Waals surface area contributed by atoms with Gasteiger partial charge in [0, 0.05) is 7.05 Å². The van der Waals surface area contributed by atoms with Crippen molar-refractivity contribution in [2.75, 3.05) is 7.11 Å². The van der Waals surface area contributed by atoms with Gasteiger partial charge >= 0.3 is 5.97 Å². The van der Waals surface area contributed by atoms with E-state index in [1.807, 2.05) is 7.05 Å². The first-order valence-corrected chi connectivity index (χ1v) is 6.20. The Hall–Kier alpha value is -1.63. The highest BCUT2D eigenvalue weighted by atomic mass is 32.1. The maximum atomic E-state index is 11.4. The number of H-pyrrole nitrogens is 1. The summed E-state index contributed by atoms with van der Waals surface area (Å²) in [6.07, 6.45) is 1.89. The highest BCUT2D eigenvalue weighted by Crippen LogP contribution is 2.18. The minimum Gasteiger partial charge on any atom is -0.468 e. The molecule has 0 unspecified atom stereocenters. The fourth-order valence-corrected chi connectivity index (χ4v) is 2.28. The quantitative estimate of drug-likeness (QED) is 0.675. The Kier molecular flexibility index (Phi) is 3.51. The number of methoxy groups -OCH3 is 1. The van der Waals surface area contributed by atoms with Crippen molar-refractivity contribution >= 4 is 29.4 Å². The van der Waals surface area contributed by atoms with Gasteiger partial charge in [-0.05, 0) is 18.6 Å². The number of carbonyl (C=O) groups is 1. The summed E-state index contributed by atoms with van der Waals surface area (Å²) >= 11 is 5.23. The molecule has 1 N–H and O–H groups in total. The number of ether oxygens (including phenoxy) is 1. The van der Waals surface area contributed by atoms with Crippen molar-refractivity contribution in [1.29, 1.82) is 0 Å². The average molecular weight is 268 g/mol. The third-order valence-corrected chi connectivity index (χ3v) is 3.15. The summed E-state index contributed by atoms with van der Waals surface area (Å²) in [5.41, 5.74) is 2.71. The summed E-state index contributed by atoms with van der Waals surface area (Å²) in [5, 5.41) is 4.44. The van der Waals surface area contributed by atoms with E-state index in [0.717, 1.165) is 29.7 Å². The molecular weight excluding hydrogens is 252 g/mol. The van der Waals surface area contributed by atoms with E-state index in [1.165, 1.54) is 7.11 Å². The summed E-state index contributed by atoms with van der Waals surface area (Å²) in [5.74, 6) is -0.328.